The molecular formula is C11H23NO3S. The number of hydrogen-bond acceptors (Lipinski definition) is 4. The van der Waals surface area contributed by atoms with E-state index in [1.807, 2.05) is 0 Å². The highest BCUT2D eigenvalue weighted by atomic mass is 32.2. The molecular weight excluding hydrogens is 226 g/mol. The predicted octanol–water partition coefficient (Wildman–Crippen LogP) is 0.656. The molecule has 0 aromatic rings. The highest BCUT2D eigenvalue weighted by Gasteiger charge is 2.31. The van der Waals surface area contributed by atoms with Gasteiger partial charge in [0.15, 0.2) is 9.84 Å². The van der Waals surface area contributed by atoms with Crippen molar-refractivity contribution < 1.29 is 13.5 Å². The van der Waals surface area contributed by atoms with E-state index in [-0.39, 0.29) is 18.4 Å². The van der Waals surface area contributed by atoms with E-state index in [1.54, 1.807) is 20.8 Å². The van der Waals surface area contributed by atoms with E-state index in [4.69, 9.17) is 5.11 Å². The van der Waals surface area contributed by atoms with Crippen LogP contribution >= 0.6 is 0 Å². The SMILES string of the molecule is CC(C)(C)S(=O)(=O)CCN1CCCC1CO. The fraction of sp³-hybridized carbons (Fsp3) is 1.00. The molecule has 1 aliphatic heterocycles. The predicted molar refractivity (Wildman–Crippen MR) is 65.2 cm³/mol. The molecule has 1 aliphatic rings. The fourth-order valence-electron chi connectivity index (χ4n) is 1.94. The topological polar surface area (TPSA) is 57.6 Å². The Bertz CT molecular complexity index is 319. The molecule has 1 atom stereocenters. The van der Waals surface area contributed by atoms with Crippen molar-refractivity contribution in [3.8, 4) is 0 Å². The maximum atomic E-state index is 11.9. The molecule has 1 saturated heterocycles. The van der Waals surface area contributed by atoms with Crippen LogP contribution in [0.1, 0.15) is 33.6 Å². The van der Waals surface area contributed by atoms with Gasteiger partial charge < -0.3 is 5.11 Å². The summed E-state index contributed by atoms with van der Waals surface area (Å²) < 4.78 is 23.2. The molecule has 4 nitrogen and oxygen atoms in total. The lowest BCUT2D eigenvalue weighted by atomic mass is 10.2. The molecule has 5 heteroatoms. The van der Waals surface area contributed by atoms with Gasteiger partial charge in [-0.2, -0.15) is 0 Å². The van der Waals surface area contributed by atoms with Crippen LogP contribution in [-0.2, 0) is 9.84 Å². The molecule has 1 fully saturated rings. The Morgan fingerprint density at radius 2 is 2.00 bits per heavy atom. The third kappa shape index (κ3) is 3.18. The van der Waals surface area contributed by atoms with Gasteiger partial charge in [-0.25, -0.2) is 8.42 Å². The zero-order chi connectivity index (χ0) is 12.4. The molecule has 0 spiro atoms. The van der Waals surface area contributed by atoms with Crippen LogP contribution in [-0.4, -0.2) is 54.7 Å². The summed E-state index contributed by atoms with van der Waals surface area (Å²) in [5.74, 6) is 0.188. The second-order valence-electron chi connectivity index (χ2n) is 5.45. The highest BCUT2D eigenvalue weighted by Crippen LogP contribution is 2.19. The average Bonchev–Trinajstić information content (AvgIpc) is 2.60. The van der Waals surface area contributed by atoms with E-state index in [1.165, 1.54) is 0 Å². The Morgan fingerprint density at radius 1 is 1.38 bits per heavy atom. The van der Waals surface area contributed by atoms with Gasteiger partial charge in [-0.1, -0.05) is 0 Å². The molecule has 16 heavy (non-hydrogen) atoms. The maximum absolute atomic E-state index is 11.9. The van der Waals surface area contributed by atoms with Crippen LogP contribution in [0.25, 0.3) is 0 Å². The average molecular weight is 249 g/mol. The summed E-state index contributed by atoms with van der Waals surface area (Å²) in [5.41, 5.74) is 0. The molecule has 0 amide bonds. The van der Waals surface area contributed by atoms with Crippen molar-refractivity contribution in [1.82, 2.24) is 4.90 Å². The van der Waals surface area contributed by atoms with Gasteiger partial charge in [0.1, 0.15) is 0 Å². The first-order valence-electron chi connectivity index (χ1n) is 5.85. The van der Waals surface area contributed by atoms with Crippen LogP contribution in [0.4, 0.5) is 0 Å². The van der Waals surface area contributed by atoms with E-state index in [2.05, 4.69) is 4.90 Å². The van der Waals surface area contributed by atoms with Gasteiger partial charge in [0.05, 0.1) is 17.1 Å². The minimum Gasteiger partial charge on any atom is -0.395 e. The molecule has 1 unspecified atom stereocenters. The number of hydrogen-bond donors (Lipinski definition) is 1. The van der Waals surface area contributed by atoms with Crippen molar-refractivity contribution in [2.75, 3.05) is 25.4 Å². The molecule has 1 N–H and O–H groups in total. The molecule has 0 aromatic carbocycles. The van der Waals surface area contributed by atoms with E-state index in [0.29, 0.717) is 6.54 Å². The Balaban J connectivity index is 2.52. The quantitative estimate of drug-likeness (QED) is 0.795. The van der Waals surface area contributed by atoms with Gasteiger partial charge in [0.25, 0.3) is 0 Å². The lowest BCUT2D eigenvalue weighted by Crippen LogP contribution is -2.39. The van der Waals surface area contributed by atoms with Crippen LogP contribution in [0.2, 0.25) is 0 Å². The van der Waals surface area contributed by atoms with Crippen molar-refractivity contribution in [3.05, 3.63) is 0 Å². The number of aliphatic hydroxyl groups is 1. The molecule has 1 rings (SSSR count). The minimum atomic E-state index is -3.04. The van der Waals surface area contributed by atoms with Crippen molar-refractivity contribution in [1.29, 1.82) is 0 Å². The smallest absolute Gasteiger partial charge is 0.156 e. The third-order valence-corrected chi connectivity index (χ3v) is 5.88. The number of rotatable bonds is 4. The standard InChI is InChI=1S/C11H23NO3S/c1-11(2,3)16(14,15)8-7-12-6-4-5-10(12)9-13/h10,13H,4-9H2,1-3H3. The van der Waals surface area contributed by atoms with Gasteiger partial charge >= 0.3 is 0 Å². The Labute approximate surface area is 98.6 Å². The van der Waals surface area contributed by atoms with Crippen LogP contribution < -0.4 is 0 Å². The van der Waals surface area contributed by atoms with Crippen LogP contribution in [0.15, 0.2) is 0 Å². The molecule has 0 aromatic heterocycles. The van der Waals surface area contributed by atoms with Crippen LogP contribution in [0.5, 0.6) is 0 Å². The Kier molecular flexibility index (Phi) is 4.37. The Morgan fingerprint density at radius 3 is 2.50 bits per heavy atom. The normalized spacial score (nSPS) is 23.9. The van der Waals surface area contributed by atoms with Gasteiger partial charge in [-0.05, 0) is 40.2 Å². The molecule has 0 radical (unpaired) electrons. The van der Waals surface area contributed by atoms with Gasteiger partial charge in [-0.3, -0.25) is 4.90 Å². The van der Waals surface area contributed by atoms with Crippen LogP contribution in [0.3, 0.4) is 0 Å². The third-order valence-electron chi connectivity index (χ3n) is 3.29. The number of sulfone groups is 1. The van der Waals surface area contributed by atoms with E-state index in [9.17, 15) is 8.42 Å². The maximum Gasteiger partial charge on any atom is 0.156 e. The monoisotopic (exact) mass is 249 g/mol. The Hall–Kier alpha value is -0.130. The van der Waals surface area contributed by atoms with Crippen molar-refractivity contribution >= 4 is 9.84 Å². The summed E-state index contributed by atoms with van der Waals surface area (Å²) in [6, 6.07) is 0.162. The summed E-state index contributed by atoms with van der Waals surface area (Å²) in [7, 11) is -3.04. The second-order valence-corrected chi connectivity index (χ2v) is 8.31. The number of likely N-dealkylation sites (tertiary alicyclic amines) is 1. The number of aliphatic hydroxyl groups excluding tert-OH is 1. The first-order valence-corrected chi connectivity index (χ1v) is 7.50. The zero-order valence-corrected chi connectivity index (χ0v) is 11.3. The van der Waals surface area contributed by atoms with Crippen molar-refractivity contribution in [2.45, 2.75) is 44.4 Å². The van der Waals surface area contributed by atoms with E-state index < -0.39 is 14.6 Å². The molecule has 0 saturated carbocycles. The molecule has 96 valence electrons. The lowest BCUT2D eigenvalue weighted by molar-refractivity contribution is 0.165. The summed E-state index contributed by atoms with van der Waals surface area (Å²) in [5, 5.41) is 9.13. The molecule has 0 bridgehead atoms. The first kappa shape index (κ1) is 13.9. The van der Waals surface area contributed by atoms with E-state index >= 15 is 0 Å². The van der Waals surface area contributed by atoms with Crippen LogP contribution in [0, 0.1) is 0 Å². The lowest BCUT2D eigenvalue weighted by Gasteiger charge is -2.25. The molecule has 0 aliphatic carbocycles. The summed E-state index contributed by atoms with van der Waals surface area (Å²) in [6.07, 6.45) is 2.03. The largest absolute Gasteiger partial charge is 0.395 e. The van der Waals surface area contributed by atoms with Gasteiger partial charge in [-0.15, -0.1) is 0 Å². The summed E-state index contributed by atoms with van der Waals surface area (Å²) in [6.45, 7) is 6.78. The highest BCUT2D eigenvalue weighted by molar-refractivity contribution is 7.92. The van der Waals surface area contributed by atoms with Gasteiger partial charge in [0.2, 0.25) is 0 Å². The first-order chi connectivity index (χ1) is 7.28. The van der Waals surface area contributed by atoms with Crippen molar-refractivity contribution in [2.24, 2.45) is 0 Å². The second kappa shape index (κ2) is 5.02. The zero-order valence-electron chi connectivity index (χ0n) is 10.4. The number of nitrogens with zero attached hydrogens (tertiary/aromatic N) is 1. The summed E-state index contributed by atoms with van der Waals surface area (Å²) in [4.78, 5) is 2.09. The molecule has 1 heterocycles. The van der Waals surface area contributed by atoms with Crippen molar-refractivity contribution in [3.63, 3.8) is 0 Å². The fourth-order valence-corrected chi connectivity index (χ4v) is 3.03. The van der Waals surface area contributed by atoms with E-state index in [0.717, 1.165) is 19.4 Å². The summed E-state index contributed by atoms with van der Waals surface area (Å²) >= 11 is 0. The minimum absolute atomic E-state index is 0.134. The van der Waals surface area contributed by atoms with Gasteiger partial charge in [0, 0.05) is 12.6 Å².